The number of hydrogen-bond donors (Lipinski definition) is 0. The van der Waals surface area contributed by atoms with Crippen molar-refractivity contribution in [2.45, 2.75) is 6.54 Å². The van der Waals surface area contributed by atoms with Crippen LogP contribution in [0.4, 0.5) is 4.39 Å². The molecule has 0 N–H and O–H groups in total. The van der Waals surface area contributed by atoms with Crippen molar-refractivity contribution in [2.75, 3.05) is 13.7 Å². The van der Waals surface area contributed by atoms with E-state index >= 15 is 0 Å². The molecule has 6 nitrogen and oxygen atoms in total. The summed E-state index contributed by atoms with van der Waals surface area (Å²) in [6.45, 7) is -0.147. The molecule has 3 rings (SSSR count). The number of rotatable bonds is 6. The maximum Gasteiger partial charge on any atom is 0.260 e. The van der Waals surface area contributed by atoms with E-state index < -0.39 is 5.82 Å². The van der Waals surface area contributed by atoms with E-state index in [0.717, 1.165) is 0 Å². The predicted octanol–water partition coefficient (Wildman–Crippen LogP) is 3.57. The van der Waals surface area contributed by atoms with Gasteiger partial charge in [0.05, 0.1) is 0 Å². The van der Waals surface area contributed by atoms with Gasteiger partial charge in [-0.2, -0.15) is 0 Å². The topological polar surface area (TPSA) is 68.5 Å². The third kappa shape index (κ3) is 4.18. The number of hydrogen-bond acceptors (Lipinski definition) is 5. The molecule has 8 heteroatoms. The third-order valence-electron chi connectivity index (χ3n) is 3.69. The lowest BCUT2D eigenvalue weighted by Crippen LogP contribution is -2.31. The molecule has 2 aromatic carbocycles. The summed E-state index contributed by atoms with van der Waals surface area (Å²) >= 11 is 5.99. The lowest BCUT2D eigenvalue weighted by Gasteiger charge is -2.18. The van der Waals surface area contributed by atoms with E-state index in [4.69, 9.17) is 20.8 Å². The number of aromatic nitrogens is 2. The molecular formula is C18H15ClFN3O3. The van der Waals surface area contributed by atoms with Gasteiger partial charge in [0.15, 0.2) is 6.61 Å². The summed E-state index contributed by atoms with van der Waals surface area (Å²) in [5, 5.41) is 7.71. The van der Waals surface area contributed by atoms with Gasteiger partial charge in [-0.1, -0.05) is 23.7 Å². The highest BCUT2D eigenvalue weighted by Crippen LogP contribution is 2.22. The normalized spacial score (nSPS) is 10.6. The van der Waals surface area contributed by atoms with Gasteiger partial charge in [-0.25, -0.2) is 4.39 Å². The first-order valence-corrected chi connectivity index (χ1v) is 8.08. The SMILES string of the molecule is CN(Cc1c(F)cccc1Cl)C(=O)COc1cccc(-c2nnco2)c1. The van der Waals surface area contributed by atoms with Crippen LogP contribution >= 0.6 is 11.6 Å². The van der Waals surface area contributed by atoms with Crippen LogP contribution in [0.3, 0.4) is 0 Å². The molecule has 0 atom stereocenters. The Morgan fingerprint density at radius 2 is 2.12 bits per heavy atom. The highest BCUT2D eigenvalue weighted by Gasteiger charge is 2.15. The van der Waals surface area contributed by atoms with Crippen molar-refractivity contribution in [3.8, 4) is 17.2 Å². The fourth-order valence-electron chi connectivity index (χ4n) is 2.28. The minimum absolute atomic E-state index is 0.0513. The van der Waals surface area contributed by atoms with E-state index in [0.29, 0.717) is 17.2 Å². The summed E-state index contributed by atoms with van der Waals surface area (Å²) in [4.78, 5) is 13.6. The molecule has 0 fully saturated rings. The molecule has 1 amide bonds. The van der Waals surface area contributed by atoms with Crippen molar-refractivity contribution in [3.05, 3.63) is 65.3 Å². The standard InChI is InChI=1S/C18H15ClFN3O3/c1-23(9-14-15(19)6-3-7-16(14)20)17(24)10-25-13-5-2-4-12(8-13)18-22-21-11-26-18/h2-8,11H,9-10H2,1H3. The number of likely N-dealkylation sites (N-methyl/N-ethyl adjacent to an activating group) is 1. The number of amides is 1. The molecule has 0 saturated carbocycles. The fraction of sp³-hybridized carbons (Fsp3) is 0.167. The maximum absolute atomic E-state index is 13.8. The van der Waals surface area contributed by atoms with Gasteiger partial charge in [0.2, 0.25) is 12.3 Å². The molecule has 1 aromatic heterocycles. The molecule has 3 aromatic rings. The lowest BCUT2D eigenvalue weighted by molar-refractivity contribution is -0.132. The van der Waals surface area contributed by atoms with Crippen LogP contribution < -0.4 is 4.74 Å². The van der Waals surface area contributed by atoms with E-state index in [-0.39, 0.29) is 29.6 Å². The fourth-order valence-corrected chi connectivity index (χ4v) is 2.50. The molecule has 134 valence electrons. The summed E-state index contributed by atoms with van der Waals surface area (Å²) in [5.74, 6) is 0.0669. The van der Waals surface area contributed by atoms with Crippen molar-refractivity contribution in [2.24, 2.45) is 0 Å². The number of nitrogens with zero attached hydrogens (tertiary/aromatic N) is 3. The first-order valence-electron chi connectivity index (χ1n) is 7.71. The second-order valence-electron chi connectivity index (χ2n) is 5.51. The van der Waals surface area contributed by atoms with Crippen LogP contribution in [-0.2, 0) is 11.3 Å². The molecule has 0 spiro atoms. The first-order chi connectivity index (χ1) is 12.5. The third-order valence-corrected chi connectivity index (χ3v) is 4.04. The summed E-state index contributed by atoms with van der Waals surface area (Å²) < 4.78 is 24.5. The summed E-state index contributed by atoms with van der Waals surface area (Å²) in [6, 6.07) is 11.3. The zero-order valence-electron chi connectivity index (χ0n) is 13.9. The molecule has 26 heavy (non-hydrogen) atoms. The van der Waals surface area contributed by atoms with Gasteiger partial charge in [-0.3, -0.25) is 4.79 Å². The van der Waals surface area contributed by atoms with Crippen LogP contribution in [0.15, 0.2) is 53.3 Å². The van der Waals surface area contributed by atoms with Crippen LogP contribution in [0.5, 0.6) is 5.75 Å². The minimum Gasteiger partial charge on any atom is -0.484 e. The number of carbonyl (C=O) groups excluding carboxylic acids is 1. The Kier molecular flexibility index (Phi) is 5.48. The van der Waals surface area contributed by atoms with E-state index in [1.165, 1.54) is 23.4 Å². The van der Waals surface area contributed by atoms with Gasteiger partial charge in [-0.05, 0) is 30.3 Å². The van der Waals surface area contributed by atoms with Crippen molar-refractivity contribution in [1.82, 2.24) is 15.1 Å². The van der Waals surface area contributed by atoms with Crippen LogP contribution in [0.2, 0.25) is 5.02 Å². The van der Waals surface area contributed by atoms with Gasteiger partial charge in [0.25, 0.3) is 5.91 Å². The summed E-state index contributed by atoms with van der Waals surface area (Å²) in [7, 11) is 1.56. The average Bonchev–Trinajstić information content (AvgIpc) is 3.18. The van der Waals surface area contributed by atoms with E-state index in [1.807, 2.05) is 0 Å². The van der Waals surface area contributed by atoms with Crippen LogP contribution in [0, 0.1) is 5.82 Å². The molecule has 0 bridgehead atoms. The molecule has 0 aliphatic heterocycles. The Hall–Kier alpha value is -2.93. The van der Waals surface area contributed by atoms with Crippen molar-refractivity contribution in [1.29, 1.82) is 0 Å². The maximum atomic E-state index is 13.8. The van der Waals surface area contributed by atoms with E-state index in [2.05, 4.69) is 10.2 Å². The zero-order valence-corrected chi connectivity index (χ0v) is 14.6. The first kappa shape index (κ1) is 17.9. The van der Waals surface area contributed by atoms with Gasteiger partial charge in [0.1, 0.15) is 11.6 Å². The predicted molar refractivity (Wildman–Crippen MR) is 93.1 cm³/mol. The smallest absolute Gasteiger partial charge is 0.260 e. The summed E-state index contributed by atoms with van der Waals surface area (Å²) in [6.07, 6.45) is 1.23. The van der Waals surface area contributed by atoms with Crippen molar-refractivity contribution >= 4 is 17.5 Å². The highest BCUT2D eigenvalue weighted by molar-refractivity contribution is 6.31. The van der Waals surface area contributed by atoms with Crippen molar-refractivity contribution < 1.29 is 18.3 Å². The molecular weight excluding hydrogens is 361 g/mol. The number of benzene rings is 2. The number of carbonyl (C=O) groups is 1. The van der Waals surface area contributed by atoms with Crippen molar-refractivity contribution in [3.63, 3.8) is 0 Å². The Balaban J connectivity index is 1.61. The monoisotopic (exact) mass is 375 g/mol. The largest absolute Gasteiger partial charge is 0.484 e. The quantitative estimate of drug-likeness (QED) is 0.658. The minimum atomic E-state index is -0.453. The Bertz CT molecular complexity index is 882. The molecule has 0 radical (unpaired) electrons. The van der Waals surface area contributed by atoms with Crippen LogP contribution in [0.1, 0.15) is 5.56 Å². The van der Waals surface area contributed by atoms with Gasteiger partial charge >= 0.3 is 0 Å². The Labute approximate surface area is 154 Å². The molecule has 0 aliphatic rings. The van der Waals surface area contributed by atoms with Crippen LogP contribution in [0.25, 0.3) is 11.5 Å². The van der Waals surface area contributed by atoms with Gasteiger partial charge in [-0.15, -0.1) is 10.2 Å². The van der Waals surface area contributed by atoms with E-state index in [1.54, 1.807) is 37.4 Å². The Morgan fingerprint density at radius 3 is 2.85 bits per heavy atom. The molecule has 0 aliphatic carbocycles. The Morgan fingerprint density at radius 1 is 1.31 bits per heavy atom. The highest BCUT2D eigenvalue weighted by atomic mass is 35.5. The van der Waals surface area contributed by atoms with Crippen LogP contribution in [-0.4, -0.2) is 34.7 Å². The number of ether oxygens (including phenoxy) is 1. The van der Waals surface area contributed by atoms with Gasteiger partial charge in [0, 0.05) is 29.7 Å². The second-order valence-corrected chi connectivity index (χ2v) is 5.92. The van der Waals surface area contributed by atoms with Gasteiger partial charge < -0.3 is 14.1 Å². The van der Waals surface area contributed by atoms with E-state index in [9.17, 15) is 9.18 Å². The molecule has 0 saturated heterocycles. The zero-order chi connectivity index (χ0) is 18.5. The number of halogens is 2. The molecule has 0 unspecified atom stereocenters. The average molecular weight is 376 g/mol. The second kappa shape index (κ2) is 7.97. The summed E-state index contributed by atoms with van der Waals surface area (Å²) in [5.41, 5.74) is 0.947. The molecule has 1 heterocycles. The lowest BCUT2D eigenvalue weighted by atomic mass is 10.2.